The minimum atomic E-state index is -4.30. The third-order valence-corrected chi connectivity index (χ3v) is 2.51. The van der Waals surface area contributed by atoms with Crippen molar-refractivity contribution in [2.24, 2.45) is 0 Å². The van der Waals surface area contributed by atoms with Gasteiger partial charge in [0, 0.05) is 6.42 Å². The van der Waals surface area contributed by atoms with E-state index in [0.717, 1.165) is 0 Å². The van der Waals surface area contributed by atoms with E-state index in [-0.39, 0.29) is 36.4 Å². The Labute approximate surface area is 140 Å². The van der Waals surface area contributed by atoms with Gasteiger partial charge < -0.3 is 16.0 Å². The highest BCUT2D eigenvalue weighted by Crippen LogP contribution is 2.23. The molecule has 1 rings (SSSR count). The van der Waals surface area contributed by atoms with E-state index < -0.39 is 12.7 Å². The van der Waals surface area contributed by atoms with Gasteiger partial charge in [0.15, 0.2) is 0 Å². The molecule has 0 aliphatic carbocycles. The summed E-state index contributed by atoms with van der Waals surface area (Å²) in [4.78, 5) is 11.7. The molecule has 0 saturated heterocycles. The summed E-state index contributed by atoms with van der Waals surface area (Å²) in [6.07, 6.45) is -3.32. The van der Waals surface area contributed by atoms with Crippen LogP contribution in [-0.2, 0) is 4.79 Å². The molecule has 1 aromatic rings. The van der Waals surface area contributed by atoms with E-state index in [1.165, 1.54) is 6.07 Å². The number of hydrogen-bond donors (Lipinski definition) is 3. The van der Waals surface area contributed by atoms with E-state index in [0.29, 0.717) is 25.1 Å². The molecule has 0 aliphatic heterocycles. The van der Waals surface area contributed by atoms with Gasteiger partial charge in [0.25, 0.3) is 0 Å². The Balaban J connectivity index is 0. The second kappa shape index (κ2) is 11.4. The number of amides is 1. The first-order valence-corrected chi connectivity index (χ1v) is 6.26. The smallest absolute Gasteiger partial charge is 0.375 e. The maximum absolute atomic E-state index is 12.2. The van der Waals surface area contributed by atoms with Crippen LogP contribution in [0.2, 0.25) is 0 Å². The second-order valence-corrected chi connectivity index (χ2v) is 4.27. The van der Waals surface area contributed by atoms with Gasteiger partial charge in [-0.3, -0.25) is 4.79 Å². The SMILES string of the molecule is CNCCCC(=O)Nc1ccccc1NCC(F)(F)F.Cl.Cl. The molecule has 0 fully saturated rings. The van der Waals surface area contributed by atoms with Crippen LogP contribution >= 0.6 is 24.8 Å². The maximum atomic E-state index is 12.2. The van der Waals surface area contributed by atoms with Gasteiger partial charge in [0.2, 0.25) is 5.91 Å². The van der Waals surface area contributed by atoms with Crippen LogP contribution in [0.4, 0.5) is 24.5 Å². The predicted molar refractivity (Wildman–Crippen MR) is 87.3 cm³/mol. The first-order chi connectivity index (χ1) is 9.42. The number of anilines is 2. The zero-order valence-corrected chi connectivity index (χ0v) is 13.6. The highest BCUT2D eigenvalue weighted by molar-refractivity contribution is 5.94. The lowest BCUT2D eigenvalue weighted by molar-refractivity contribution is -0.116. The summed E-state index contributed by atoms with van der Waals surface area (Å²) in [5.41, 5.74) is 0.609. The fraction of sp³-hybridized carbons (Fsp3) is 0.462. The molecular formula is C13H20Cl2F3N3O. The Morgan fingerprint density at radius 3 is 2.27 bits per heavy atom. The average molecular weight is 362 g/mol. The van der Waals surface area contributed by atoms with Gasteiger partial charge in [-0.2, -0.15) is 13.2 Å². The largest absolute Gasteiger partial charge is 0.405 e. The molecule has 4 nitrogen and oxygen atoms in total. The van der Waals surface area contributed by atoms with Crippen molar-refractivity contribution in [3.8, 4) is 0 Å². The van der Waals surface area contributed by atoms with Crippen LogP contribution in [0.1, 0.15) is 12.8 Å². The van der Waals surface area contributed by atoms with Gasteiger partial charge in [-0.05, 0) is 32.1 Å². The first kappa shape index (κ1) is 23.1. The van der Waals surface area contributed by atoms with Crippen molar-refractivity contribution in [3.05, 3.63) is 24.3 Å². The van der Waals surface area contributed by atoms with Crippen molar-refractivity contribution in [1.29, 1.82) is 0 Å². The van der Waals surface area contributed by atoms with Crippen molar-refractivity contribution in [3.63, 3.8) is 0 Å². The van der Waals surface area contributed by atoms with Crippen LogP contribution in [0.5, 0.6) is 0 Å². The van der Waals surface area contributed by atoms with Crippen molar-refractivity contribution in [2.75, 3.05) is 30.8 Å². The van der Waals surface area contributed by atoms with E-state index in [2.05, 4.69) is 16.0 Å². The number of halogens is 5. The molecule has 128 valence electrons. The highest BCUT2D eigenvalue weighted by Gasteiger charge is 2.26. The van der Waals surface area contributed by atoms with Crippen LogP contribution in [0.25, 0.3) is 0 Å². The number of rotatable bonds is 7. The quantitative estimate of drug-likeness (QED) is 0.652. The average Bonchev–Trinajstić information content (AvgIpc) is 2.37. The summed E-state index contributed by atoms with van der Waals surface area (Å²) in [7, 11) is 1.79. The number of alkyl halides is 3. The molecule has 0 atom stereocenters. The lowest BCUT2D eigenvalue weighted by Gasteiger charge is -2.14. The number of nitrogens with one attached hydrogen (secondary N) is 3. The van der Waals surface area contributed by atoms with Crippen LogP contribution in [0, 0.1) is 0 Å². The molecule has 0 heterocycles. The molecule has 0 spiro atoms. The number of benzene rings is 1. The van der Waals surface area contributed by atoms with Gasteiger partial charge in [0.1, 0.15) is 6.54 Å². The van der Waals surface area contributed by atoms with Gasteiger partial charge in [0.05, 0.1) is 11.4 Å². The summed E-state index contributed by atoms with van der Waals surface area (Å²) in [5, 5.41) is 7.80. The van der Waals surface area contributed by atoms with E-state index in [9.17, 15) is 18.0 Å². The number of carbonyl (C=O) groups is 1. The lowest BCUT2D eigenvalue weighted by atomic mass is 10.2. The fourth-order valence-electron chi connectivity index (χ4n) is 1.58. The minimum absolute atomic E-state index is 0. The Morgan fingerprint density at radius 1 is 1.14 bits per heavy atom. The van der Waals surface area contributed by atoms with E-state index in [1.54, 1.807) is 25.2 Å². The van der Waals surface area contributed by atoms with Gasteiger partial charge in [-0.25, -0.2) is 0 Å². The fourth-order valence-corrected chi connectivity index (χ4v) is 1.58. The Bertz CT molecular complexity index is 445. The van der Waals surface area contributed by atoms with Crippen LogP contribution < -0.4 is 16.0 Å². The molecule has 1 aromatic carbocycles. The minimum Gasteiger partial charge on any atom is -0.375 e. The summed E-state index contributed by atoms with van der Waals surface area (Å²) in [6, 6.07) is 6.32. The first-order valence-electron chi connectivity index (χ1n) is 6.26. The van der Waals surface area contributed by atoms with Crippen molar-refractivity contribution in [2.45, 2.75) is 19.0 Å². The molecular weight excluding hydrogens is 342 g/mol. The summed E-state index contributed by atoms with van der Waals surface area (Å²) < 4.78 is 36.6. The van der Waals surface area contributed by atoms with Crippen molar-refractivity contribution < 1.29 is 18.0 Å². The summed E-state index contributed by atoms with van der Waals surface area (Å²) >= 11 is 0. The normalized spacial score (nSPS) is 10.2. The molecule has 0 aliphatic rings. The van der Waals surface area contributed by atoms with Crippen molar-refractivity contribution >= 4 is 42.1 Å². The molecule has 0 aromatic heterocycles. The number of carbonyl (C=O) groups excluding carboxylic acids is 1. The van der Waals surface area contributed by atoms with Gasteiger partial charge in [-0.15, -0.1) is 24.8 Å². The lowest BCUT2D eigenvalue weighted by Crippen LogP contribution is -2.22. The number of para-hydroxylation sites is 2. The zero-order chi connectivity index (χ0) is 15.0. The standard InChI is InChI=1S/C13H18F3N3O.2ClH/c1-17-8-4-7-12(20)19-11-6-3-2-5-10(11)18-9-13(14,15)16;;/h2-3,5-6,17-18H,4,7-9H2,1H3,(H,19,20);2*1H. The maximum Gasteiger partial charge on any atom is 0.405 e. The molecule has 1 amide bonds. The third-order valence-electron chi connectivity index (χ3n) is 2.51. The molecule has 0 radical (unpaired) electrons. The zero-order valence-electron chi connectivity index (χ0n) is 12.0. The summed E-state index contributed by atoms with van der Waals surface area (Å²) in [5.74, 6) is -0.221. The Morgan fingerprint density at radius 2 is 1.73 bits per heavy atom. The van der Waals surface area contributed by atoms with Crippen LogP contribution in [-0.4, -0.2) is 32.2 Å². The van der Waals surface area contributed by atoms with Crippen molar-refractivity contribution in [1.82, 2.24) is 5.32 Å². The Kier molecular flexibility index (Phi) is 12.0. The van der Waals surface area contributed by atoms with Crippen LogP contribution in [0.15, 0.2) is 24.3 Å². The van der Waals surface area contributed by atoms with Crippen LogP contribution in [0.3, 0.4) is 0 Å². The van der Waals surface area contributed by atoms with Gasteiger partial charge >= 0.3 is 6.18 Å². The molecule has 0 saturated carbocycles. The molecule has 9 heteroatoms. The summed E-state index contributed by atoms with van der Waals surface area (Å²) in [6.45, 7) is -0.430. The molecule has 0 bridgehead atoms. The monoisotopic (exact) mass is 361 g/mol. The molecule has 0 unspecified atom stereocenters. The topological polar surface area (TPSA) is 53.2 Å². The predicted octanol–water partition coefficient (Wildman–Crippen LogP) is 3.44. The van der Waals surface area contributed by atoms with E-state index in [1.807, 2.05) is 0 Å². The Hall–Kier alpha value is -1.18. The molecule has 3 N–H and O–H groups in total. The van der Waals surface area contributed by atoms with Gasteiger partial charge in [-0.1, -0.05) is 12.1 Å². The third kappa shape index (κ3) is 9.70. The second-order valence-electron chi connectivity index (χ2n) is 4.27. The molecule has 22 heavy (non-hydrogen) atoms. The van der Waals surface area contributed by atoms with E-state index >= 15 is 0 Å². The highest BCUT2D eigenvalue weighted by atomic mass is 35.5. The number of hydrogen-bond acceptors (Lipinski definition) is 3. The van der Waals surface area contributed by atoms with E-state index in [4.69, 9.17) is 0 Å².